The molecule has 0 radical (unpaired) electrons. The smallest absolute Gasteiger partial charge is 0.262 e. The predicted molar refractivity (Wildman–Crippen MR) is 124 cm³/mol. The number of ether oxygens (including phenoxy) is 1. The van der Waals surface area contributed by atoms with Crippen LogP contribution in [0, 0.1) is 0 Å². The van der Waals surface area contributed by atoms with Crippen molar-refractivity contribution in [3.05, 3.63) is 69.5 Å². The number of carbonyl (C=O) groups excluding carboxylic acids is 1. The highest BCUT2D eigenvalue weighted by Gasteiger charge is 2.15. The van der Waals surface area contributed by atoms with Crippen LogP contribution in [0.4, 0.5) is 0 Å². The zero-order valence-electron chi connectivity index (χ0n) is 17.1. The van der Waals surface area contributed by atoms with E-state index in [1.807, 2.05) is 18.2 Å². The molecule has 0 atom stereocenters. The minimum atomic E-state index is -0.0611. The first-order valence-electron chi connectivity index (χ1n) is 10.3. The van der Waals surface area contributed by atoms with Crippen LogP contribution in [0.3, 0.4) is 0 Å². The van der Waals surface area contributed by atoms with E-state index in [4.69, 9.17) is 21.3 Å². The third-order valence-corrected chi connectivity index (χ3v) is 6.51. The number of hydrogen-bond donors (Lipinski definition) is 0. The number of rotatable bonds is 8. The second-order valence-electron chi connectivity index (χ2n) is 7.39. The molecule has 8 heteroatoms. The summed E-state index contributed by atoms with van der Waals surface area (Å²) in [5, 5.41) is 1.77. The number of aromatic nitrogens is 2. The molecule has 1 aliphatic heterocycles. The normalized spacial score (nSPS) is 14.7. The van der Waals surface area contributed by atoms with Crippen molar-refractivity contribution in [3.63, 3.8) is 0 Å². The number of para-hydroxylation sites is 1. The third kappa shape index (κ3) is 5.54. The van der Waals surface area contributed by atoms with Crippen LogP contribution in [-0.2, 0) is 11.3 Å². The number of carbonyl (C=O) groups is 1. The minimum Gasteiger partial charge on any atom is -0.379 e. The molecule has 1 aromatic heterocycles. The van der Waals surface area contributed by atoms with Crippen LogP contribution in [-0.4, -0.2) is 58.8 Å². The molecule has 1 aliphatic rings. The van der Waals surface area contributed by atoms with Gasteiger partial charge in [-0.15, -0.1) is 0 Å². The summed E-state index contributed by atoms with van der Waals surface area (Å²) in [6.45, 7) is 4.81. The molecule has 6 nitrogen and oxygen atoms in total. The number of morpholine rings is 1. The van der Waals surface area contributed by atoms with E-state index >= 15 is 0 Å². The molecule has 0 N–H and O–H groups in total. The average molecular weight is 458 g/mol. The lowest BCUT2D eigenvalue weighted by atomic mass is 10.1. The Labute approximate surface area is 190 Å². The van der Waals surface area contributed by atoms with Crippen LogP contribution in [0.1, 0.15) is 16.8 Å². The second kappa shape index (κ2) is 10.4. The Morgan fingerprint density at radius 3 is 2.58 bits per heavy atom. The maximum absolute atomic E-state index is 13.2. The molecule has 0 saturated carbocycles. The fraction of sp³-hybridized carbons (Fsp3) is 0.348. The molecule has 4 rings (SSSR count). The Morgan fingerprint density at radius 2 is 1.81 bits per heavy atom. The van der Waals surface area contributed by atoms with Gasteiger partial charge in [0.2, 0.25) is 0 Å². The van der Waals surface area contributed by atoms with Gasteiger partial charge in [0.15, 0.2) is 10.9 Å². The van der Waals surface area contributed by atoms with Crippen LogP contribution in [0.2, 0.25) is 5.02 Å². The van der Waals surface area contributed by atoms with Crippen molar-refractivity contribution in [3.8, 4) is 0 Å². The van der Waals surface area contributed by atoms with Crippen LogP contribution in [0.15, 0.2) is 58.5 Å². The van der Waals surface area contributed by atoms with E-state index in [0.29, 0.717) is 33.2 Å². The summed E-state index contributed by atoms with van der Waals surface area (Å²) in [6, 6.07) is 14.2. The number of fused-ring (bicyclic) bond motifs is 1. The first-order chi connectivity index (χ1) is 15.1. The minimum absolute atomic E-state index is 0.0241. The molecular formula is C23H24ClN3O3S. The summed E-state index contributed by atoms with van der Waals surface area (Å²) >= 11 is 7.22. The zero-order chi connectivity index (χ0) is 21.6. The lowest BCUT2D eigenvalue weighted by Crippen LogP contribution is -2.37. The topological polar surface area (TPSA) is 64.4 Å². The van der Waals surface area contributed by atoms with Crippen LogP contribution < -0.4 is 5.56 Å². The Bertz CT molecular complexity index is 1110. The van der Waals surface area contributed by atoms with Crippen molar-refractivity contribution in [2.24, 2.45) is 0 Å². The van der Waals surface area contributed by atoms with Crippen molar-refractivity contribution < 1.29 is 9.53 Å². The number of halogens is 1. The standard InChI is InChI=1S/C23H24ClN3O3S/c24-18-8-6-17(7-9-18)21(28)16-31-23-25-20-5-2-1-4-19(20)22(29)27(23)11-3-10-26-12-14-30-15-13-26/h1-2,4-9H,3,10-16H2. The number of benzene rings is 2. The highest BCUT2D eigenvalue weighted by molar-refractivity contribution is 7.99. The van der Waals surface area contributed by atoms with Gasteiger partial charge in [-0.25, -0.2) is 4.98 Å². The van der Waals surface area contributed by atoms with E-state index in [1.54, 1.807) is 34.9 Å². The van der Waals surface area contributed by atoms with E-state index in [0.717, 1.165) is 39.3 Å². The fourth-order valence-corrected chi connectivity index (χ4v) is 4.63. The Morgan fingerprint density at radius 1 is 1.06 bits per heavy atom. The average Bonchev–Trinajstić information content (AvgIpc) is 2.80. The summed E-state index contributed by atoms with van der Waals surface area (Å²) in [7, 11) is 0. The summed E-state index contributed by atoms with van der Waals surface area (Å²) in [5.41, 5.74) is 1.19. The quantitative estimate of drug-likeness (QED) is 0.291. The van der Waals surface area contributed by atoms with E-state index in [2.05, 4.69) is 4.90 Å². The Kier molecular flexibility index (Phi) is 7.40. The zero-order valence-corrected chi connectivity index (χ0v) is 18.7. The maximum Gasteiger partial charge on any atom is 0.262 e. The van der Waals surface area contributed by atoms with Gasteiger partial charge in [0.1, 0.15) is 0 Å². The molecule has 1 saturated heterocycles. The highest BCUT2D eigenvalue weighted by atomic mass is 35.5. The lowest BCUT2D eigenvalue weighted by molar-refractivity contribution is 0.0368. The van der Waals surface area contributed by atoms with Gasteiger partial charge >= 0.3 is 0 Å². The van der Waals surface area contributed by atoms with Gasteiger partial charge in [-0.1, -0.05) is 35.5 Å². The number of hydrogen-bond acceptors (Lipinski definition) is 6. The van der Waals surface area contributed by atoms with Crippen LogP contribution in [0.5, 0.6) is 0 Å². The fourth-order valence-electron chi connectivity index (χ4n) is 3.58. The Hall–Kier alpha value is -2.19. The van der Waals surface area contributed by atoms with Crippen LogP contribution >= 0.6 is 23.4 Å². The molecule has 31 heavy (non-hydrogen) atoms. The van der Waals surface area contributed by atoms with Crippen LogP contribution in [0.25, 0.3) is 10.9 Å². The monoisotopic (exact) mass is 457 g/mol. The van der Waals surface area contributed by atoms with Gasteiger partial charge < -0.3 is 4.74 Å². The molecule has 0 aliphatic carbocycles. The largest absolute Gasteiger partial charge is 0.379 e. The van der Waals surface area contributed by atoms with Gasteiger partial charge in [-0.2, -0.15) is 0 Å². The van der Waals surface area contributed by atoms with Gasteiger partial charge in [-0.3, -0.25) is 19.1 Å². The Balaban J connectivity index is 1.52. The second-order valence-corrected chi connectivity index (χ2v) is 8.77. The number of Topliss-reactive ketones (excluding diaryl/α,β-unsaturated/α-hetero) is 1. The van der Waals surface area contributed by atoms with Gasteiger partial charge in [0.25, 0.3) is 5.56 Å². The van der Waals surface area contributed by atoms with Gasteiger partial charge in [0.05, 0.1) is 29.9 Å². The molecule has 0 unspecified atom stereocenters. The SMILES string of the molecule is O=C(CSc1nc2ccccc2c(=O)n1CCCN1CCOCC1)c1ccc(Cl)cc1. The summed E-state index contributed by atoms with van der Waals surface area (Å²) in [5.74, 6) is 0.180. The van der Waals surface area contributed by atoms with Crippen molar-refractivity contribution in [2.75, 3.05) is 38.6 Å². The first-order valence-corrected chi connectivity index (χ1v) is 11.7. The number of nitrogens with zero attached hydrogens (tertiary/aromatic N) is 3. The molecule has 162 valence electrons. The van der Waals surface area contributed by atoms with E-state index < -0.39 is 0 Å². The molecule has 3 aromatic rings. The van der Waals surface area contributed by atoms with E-state index in [1.165, 1.54) is 11.8 Å². The number of ketones is 1. The predicted octanol–water partition coefficient (Wildman–Crippen LogP) is 3.75. The van der Waals surface area contributed by atoms with Crippen molar-refractivity contribution in [1.29, 1.82) is 0 Å². The number of thioether (sulfide) groups is 1. The van der Waals surface area contributed by atoms with Crippen molar-refractivity contribution in [1.82, 2.24) is 14.5 Å². The molecular weight excluding hydrogens is 434 g/mol. The molecule has 0 bridgehead atoms. The first kappa shape index (κ1) is 22.0. The summed E-state index contributed by atoms with van der Waals surface area (Å²) < 4.78 is 7.11. The summed E-state index contributed by atoms with van der Waals surface area (Å²) in [4.78, 5) is 32.8. The van der Waals surface area contributed by atoms with Crippen molar-refractivity contribution in [2.45, 2.75) is 18.1 Å². The third-order valence-electron chi connectivity index (χ3n) is 5.28. The molecule has 0 spiro atoms. The molecule has 1 fully saturated rings. The highest BCUT2D eigenvalue weighted by Crippen LogP contribution is 2.20. The van der Waals surface area contributed by atoms with E-state index in [-0.39, 0.29) is 17.1 Å². The van der Waals surface area contributed by atoms with Gasteiger partial charge in [0, 0.05) is 36.8 Å². The molecule has 2 aromatic carbocycles. The van der Waals surface area contributed by atoms with Crippen molar-refractivity contribution >= 4 is 40.0 Å². The summed E-state index contributed by atoms with van der Waals surface area (Å²) in [6.07, 6.45) is 0.832. The van der Waals surface area contributed by atoms with E-state index in [9.17, 15) is 9.59 Å². The van der Waals surface area contributed by atoms with Gasteiger partial charge in [-0.05, 0) is 42.8 Å². The molecule has 0 amide bonds. The maximum atomic E-state index is 13.2. The lowest BCUT2D eigenvalue weighted by Gasteiger charge is -2.26. The molecule has 2 heterocycles.